The normalized spacial score (nSPS) is 20.9. The van der Waals surface area contributed by atoms with Crippen LogP contribution in [0.5, 0.6) is 0 Å². The van der Waals surface area contributed by atoms with Gasteiger partial charge in [0, 0.05) is 6.20 Å². The van der Waals surface area contributed by atoms with Crippen molar-refractivity contribution in [3.8, 4) is 0 Å². The maximum atomic E-state index is 12.4. The van der Waals surface area contributed by atoms with Gasteiger partial charge in [0.25, 0.3) is 0 Å². The van der Waals surface area contributed by atoms with Crippen molar-refractivity contribution in [3.05, 3.63) is 77.2 Å². The smallest absolute Gasteiger partial charge is 0.339 e. The second-order valence-corrected chi connectivity index (χ2v) is 5.24. The summed E-state index contributed by atoms with van der Waals surface area (Å²) in [5, 5.41) is 0. The fourth-order valence-electron chi connectivity index (χ4n) is 2.65. The molecule has 1 saturated carbocycles. The Bertz CT molecular complexity index is 704. The molecule has 0 N–H and O–H groups in total. The molecule has 0 aliphatic heterocycles. The van der Waals surface area contributed by atoms with E-state index in [0.717, 1.165) is 29.7 Å². The standard InChI is InChI=1S/C17H13NO2/c19-16(14-8-7-12-4-3-5-13(12)14)20-17(9-10-17)15-6-1-2-11-18-15/h1-8,11H,9-10H2. The van der Waals surface area contributed by atoms with Crippen molar-refractivity contribution in [2.75, 3.05) is 0 Å². The molecule has 20 heavy (non-hydrogen) atoms. The third-order valence-corrected chi connectivity index (χ3v) is 3.91. The number of fused-ring (bicyclic) bond motifs is 1. The molecule has 1 heterocycles. The molecule has 0 saturated heterocycles. The molecule has 0 radical (unpaired) electrons. The van der Waals surface area contributed by atoms with Gasteiger partial charge in [-0.05, 0) is 42.2 Å². The predicted octanol–water partition coefficient (Wildman–Crippen LogP) is 2.98. The maximum Gasteiger partial charge on any atom is 0.339 e. The molecule has 1 fully saturated rings. The fourth-order valence-corrected chi connectivity index (χ4v) is 2.65. The number of rotatable bonds is 3. The molecule has 0 aromatic carbocycles. The van der Waals surface area contributed by atoms with Crippen LogP contribution in [0.4, 0.5) is 0 Å². The van der Waals surface area contributed by atoms with E-state index < -0.39 is 5.60 Å². The van der Waals surface area contributed by atoms with Gasteiger partial charge in [0.2, 0.25) is 0 Å². The average molecular weight is 263 g/mol. The van der Waals surface area contributed by atoms with E-state index in [1.807, 2.05) is 48.6 Å². The van der Waals surface area contributed by atoms with Gasteiger partial charge in [-0.2, -0.15) is 0 Å². The zero-order valence-corrected chi connectivity index (χ0v) is 10.9. The van der Waals surface area contributed by atoms with Crippen molar-refractivity contribution in [1.82, 2.24) is 4.98 Å². The highest BCUT2D eigenvalue weighted by Crippen LogP contribution is 2.49. The topological polar surface area (TPSA) is 39.2 Å². The minimum atomic E-state index is -0.505. The van der Waals surface area contributed by atoms with Gasteiger partial charge in [-0.15, -0.1) is 0 Å². The lowest BCUT2D eigenvalue weighted by Gasteiger charge is -2.16. The minimum absolute atomic E-state index is 0.255. The molecule has 3 nitrogen and oxygen atoms in total. The average Bonchev–Trinajstić information content (AvgIpc) is 2.93. The molecule has 3 aliphatic carbocycles. The Morgan fingerprint density at radius 3 is 2.85 bits per heavy atom. The number of nitrogens with zero attached hydrogens (tertiary/aromatic N) is 1. The van der Waals surface area contributed by atoms with E-state index in [9.17, 15) is 4.79 Å². The summed E-state index contributed by atoms with van der Waals surface area (Å²) in [6.07, 6.45) is 13.1. The second kappa shape index (κ2) is 4.04. The molecule has 1 aromatic heterocycles. The Labute approximate surface area is 117 Å². The Balaban J connectivity index is 1.60. The van der Waals surface area contributed by atoms with Crippen molar-refractivity contribution >= 4 is 5.97 Å². The summed E-state index contributed by atoms with van der Waals surface area (Å²) in [6, 6.07) is 5.71. The van der Waals surface area contributed by atoms with E-state index in [1.165, 1.54) is 0 Å². The third-order valence-electron chi connectivity index (χ3n) is 3.91. The number of hydrogen-bond acceptors (Lipinski definition) is 3. The molecular weight excluding hydrogens is 250 g/mol. The molecule has 0 unspecified atom stereocenters. The van der Waals surface area contributed by atoms with Crippen molar-refractivity contribution < 1.29 is 9.53 Å². The number of hydrogen-bond donors (Lipinski definition) is 0. The van der Waals surface area contributed by atoms with Crippen LogP contribution in [0.25, 0.3) is 0 Å². The molecule has 1 aromatic rings. The molecule has 3 aliphatic rings. The van der Waals surface area contributed by atoms with Gasteiger partial charge in [0.1, 0.15) is 0 Å². The lowest BCUT2D eigenvalue weighted by atomic mass is 10.1. The quantitative estimate of drug-likeness (QED) is 0.787. The fraction of sp³-hybridized carbons (Fsp3) is 0.176. The van der Waals surface area contributed by atoms with Crippen LogP contribution in [0.1, 0.15) is 18.5 Å². The molecule has 3 heteroatoms. The summed E-state index contributed by atoms with van der Waals surface area (Å²) < 4.78 is 5.76. The van der Waals surface area contributed by atoms with E-state index >= 15 is 0 Å². The first kappa shape index (κ1) is 11.4. The number of ether oxygens (including phenoxy) is 1. The summed E-state index contributed by atoms with van der Waals surface area (Å²) in [4.78, 5) is 16.7. The number of aromatic nitrogens is 1. The highest BCUT2D eigenvalue weighted by atomic mass is 16.6. The molecule has 4 rings (SSSR count). The summed E-state index contributed by atoms with van der Waals surface area (Å²) in [6.45, 7) is 0. The number of carbonyl (C=O) groups is 1. The minimum Gasteiger partial charge on any atom is -0.449 e. The first-order valence-corrected chi connectivity index (χ1v) is 6.74. The summed E-state index contributed by atoms with van der Waals surface area (Å²) in [5.74, 6) is -0.255. The van der Waals surface area contributed by atoms with Gasteiger partial charge in [0.15, 0.2) is 5.60 Å². The van der Waals surface area contributed by atoms with Gasteiger partial charge < -0.3 is 4.74 Å². The van der Waals surface area contributed by atoms with Crippen LogP contribution in [0.15, 0.2) is 71.5 Å². The van der Waals surface area contributed by atoms with Crippen molar-refractivity contribution in [1.29, 1.82) is 0 Å². The first-order chi connectivity index (χ1) is 9.78. The van der Waals surface area contributed by atoms with Crippen LogP contribution in [-0.4, -0.2) is 11.0 Å². The summed E-state index contributed by atoms with van der Waals surface area (Å²) >= 11 is 0. The van der Waals surface area contributed by atoms with Crippen molar-refractivity contribution in [2.45, 2.75) is 18.4 Å². The largest absolute Gasteiger partial charge is 0.449 e. The summed E-state index contributed by atoms with van der Waals surface area (Å²) in [5.41, 5.74) is 3.03. The highest BCUT2D eigenvalue weighted by Gasteiger charge is 2.50. The highest BCUT2D eigenvalue weighted by molar-refractivity contribution is 5.97. The molecule has 0 bridgehead atoms. The van der Waals surface area contributed by atoms with Gasteiger partial charge in [0.05, 0.1) is 11.3 Å². The van der Waals surface area contributed by atoms with Crippen molar-refractivity contribution in [2.24, 2.45) is 0 Å². The van der Waals surface area contributed by atoms with Crippen molar-refractivity contribution in [3.63, 3.8) is 0 Å². The van der Waals surface area contributed by atoms with Gasteiger partial charge >= 0.3 is 5.97 Å². The van der Waals surface area contributed by atoms with E-state index in [4.69, 9.17) is 4.74 Å². The number of allylic oxidation sites excluding steroid dienone is 6. The van der Waals surface area contributed by atoms with E-state index in [-0.39, 0.29) is 5.97 Å². The van der Waals surface area contributed by atoms with E-state index in [0.29, 0.717) is 5.57 Å². The number of pyridine rings is 1. The number of carbonyl (C=O) groups excluding carboxylic acids is 1. The van der Waals surface area contributed by atoms with Crippen LogP contribution in [-0.2, 0) is 15.1 Å². The molecule has 98 valence electrons. The molecule has 0 spiro atoms. The predicted molar refractivity (Wildman–Crippen MR) is 74.6 cm³/mol. The maximum absolute atomic E-state index is 12.4. The lowest BCUT2D eigenvalue weighted by molar-refractivity contribution is -0.146. The molecular formula is C17H13NO2. The van der Waals surface area contributed by atoms with E-state index in [1.54, 1.807) is 6.20 Å². The molecule has 0 atom stereocenters. The second-order valence-electron chi connectivity index (χ2n) is 5.24. The lowest BCUT2D eigenvalue weighted by Crippen LogP contribution is -2.20. The summed E-state index contributed by atoms with van der Waals surface area (Å²) in [7, 11) is 0. The Morgan fingerprint density at radius 2 is 2.10 bits per heavy atom. The van der Waals surface area contributed by atoms with Crippen LogP contribution >= 0.6 is 0 Å². The van der Waals surface area contributed by atoms with Crippen LogP contribution in [0.2, 0.25) is 0 Å². The molecule has 0 amide bonds. The van der Waals surface area contributed by atoms with Crippen LogP contribution < -0.4 is 0 Å². The van der Waals surface area contributed by atoms with Crippen LogP contribution in [0, 0.1) is 0 Å². The van der Waals surface area contributed by atoms with Gasteiger partial charge in [-0.3, -0.25) is 4.98 Å². The first-order valence-electron chi connectivity index (χ1n) is 6.74. The Hall–Kier alpha value is -2.42. The SMILES string of the molecule is O=C(OC1(c2ccccn2)CC1)C1=C2C=CC=C2C=C1. The van der Waals surface area contributed by atoms with Gasteiger partial charge in [-0.1, -0.05) is 30.4 Å². The number of esters is 1. The third kappa shape index (κ3) is 1.67. The monoisotopic (exact) mass is 263 g/mol. The van der Waals surface area contributed by atoms with Crippen LogP contribution in [0.3, 0.4) is 0 Å². The van der Waals surface area contributed by atoms with E-state index in [2.05, 4.69) is 4.98 Å². The zero-order chi connectivity index (χ0) is 13.6. The zero-order valence-electron chi connectivity index (χ0n) is 10.9. The Kier molecular flexibility index (Phi) is 2.30. The Morgan fingerprint density at radius 1 is 1.20 bits per heavy atom. The van der Waals surface area contributed by atoms with Gasteiger partial charge in [-0.25, -0.2) is 4.79 Å².